The van der Waals surface area contributed by atoms with Gasteiger partial charge in [0.05, 0.1) is 17.4 Å². The van der Waals surface area contributed by atoms with Crippen LogP contribution < -0.4 is 5.73 Å². The third-order valence-electron chi connectivity index (χ3n) is 3.53. The lowest BCUT2D eigenvalue weighted by molar-refractivity contribution is 0.125. The molecule has 0 amide bonds. The number of hydrogen-bond donors (Lipinski definition) is 1. The highest BCUT2D eigenvalue weighted by Crippen LogP contribution is 2.54. The second-order valence-corrected chi connectivity index (χ2v) is 7.64. The number of halogens is 1. The van der Waals surface area contributed by atoms with E-state index in [-0.39, 0.29) is 12.5 Å². The predicted molar refractivity (Wildman–Crippen MR) is 76.2 cm³/mol. The zero-order chi connectivity index (χ0) is 14.3. The largest absolute Gasteiger partial charge is 0.380 e. The van der Waals surface area contributed by atoms with Gasteiger partial charge in [-0.2, -0.15) is 0 Å². The van der Waals surface area contributed by atoms with Crippen LogP contribution in [0.3, 0.4) is 0 Å². The Morgan fingerprint density at radius 1 is 1.47 bits per heavy atom. The zero-order valence-electron chi connectivity index (χ0n) is 11.0. The second kappa shape index (κ2) is 5.05. The highest BCUT2D eigenvalue weighted by Gasteiger charge is 2.68. The first-order valence-electron chi connectivity index (χ1n) is 6.11. The van der Waals surface area contributed by atoms with Gasteiger partial charge in [-0.15, -0.1) is 0 Å². The monoisotopic (exact) mass is 303 g/mol. The van der Waals surface area contributed by atoms with Crippen LogP contribution in [0.4, 0.5) is 0 Å². The zero-order valence-corrected chi connectivity index (χ0v) is 12.5. The Morgan fingerprint density at radius 3 is 2.68 bits per heavy atom. The summed E-state index contributed by atoms with van der Waals surface area (Å²) in [5, 5.41) is -0.0274. The van der Waals surface area contributed by atoms with Crippen molar-refractivity contribution in [3.05, 3.63) is 34.9 Å². The van der Waals surface area contributed by atoms with E-state index >= 15 is 0 Å². The highest BCUT2D eigenvalue weighted by molar-refractivity contribution is 7.91. The fourth-order valence-corrected chi connectivity index (χ4v) is 4.74. The molecule has 1 aliphatic rings. The molecule has 3 atom stereocenters. The summed E-state index contributed by atoms with van der Waals surface area (Å²) in [6, 6.07) is 7.18. The molecule has 1 aromatic carbocycles. The van der Waals surface area contributed by atoms with Gasteiger partial charge in [-0.25, -0.2) is 8.42 Å². The van der Waals surface area contributed by atoms with E-state index in [1.807, 2.05) is 13.0 Å². The van der Waals surface area contributed by atoms with E-state index in [1.54, 1.807) is 18.2 Å². The van der Waals surface area contributed by atoms with Crippen molar-refractivity contribution in [3.8, 4) is 0 Å². The molecule has 2 N–H and O–H groups in total. The molecule has 19 heavy (non-hydrogen) atoms. The van der Waals surface area contributed by atoms with Crippen LogP contribution in [0.2, 0.25) is 5.02 Å². The lowest BCUT2D eigenvalue weighted by Crippen LogP contribution is -2.36. The van der Waals surface area contributed by atoms with Gasteiger partial charge >= 0.3 is 0 Å². The summed E-state index contributed by atoms with van der Waals surface area (Å²) < 4.78 is 29.1. The predicted octanol–water partition coefficient (Wildman–Crippen LogP) is 1.58. The number of sulfone groups is 1. The van der Waals surface area contributed by atoms with Crippen LogP contribution in [0.5, 0.6) is 0 Å². The van der Waals surface area contributed by atoms with Crippen LogP contribution in [-0.4, -0.2) is 38.7 Å². The van der Waals surface area contributed by atoms with Crippen molar-refractivity contribution in [3.63, 3.8) is 0 Å². The fraction of sp³-hybridized carbons (Fsp3) is 0.538. The van der Waals surface area contributed by atoms with Gasteiger partial charge in [-0.3, -0.25) is 0 Å². The van der Waals surface area contributed by atoms with Crippen LogP contribution in [0, 0.1) is 0 Å². The Hall–Kier alpha value is -0.620. The molecule has 1 fully saturated rings. The summed E-state index contributed by atoms with van der Waals surface area (Å²) >= 11 is 5.95. The normalized spacial score (nSPS) is 30.3. The van der Waals surface area contributed by atoms with E-state index in [4.69, 9.17) is 22.1 Å². The molecule has 0 bridgehead atoms. The molecule has 0 saturated heterocycles. The van der Waals surface area contributed by atoms with Gasteiger partial charge < -0.3 is 10.5 Å². The lowest BCUT2D eigenvalue weighted by atomic mass is 10.1. The maximum Gasteiger partial charge on any atom is 0.152 e. The van der Waals surface area contributed by atoms with Crippen molar-refractivity contribution in [1.82, 2.24) is 0 Å². The third kappa shape index (κ3) is 2.79. The van der Waals surface area contributed by atoms with Crippen LogP contribution in [-0.2, 0) is 14.6 Å². The van der Waals surface area contributed by atoms with Crippen LogP contribution >= 0.6 is 11.6 Å². The van der Waals surface area contributed by atoms with Crippen molar-refractivity contribution < 1.29 is 13.2 Å². The molecule has 4 nitrogen and oxygen atoms in total. The van der Waals surface area contributed by atoms with E-state index in [1.165, 1.54) is 6.26 Å². The Labute approximate surface area is 118 Å². The topological polar surface area (TPSA) is 69.4 Å². The van der Waals surface area contributed by atoms with Gasteiger partial charge in [0.15, 0.2) is 9.84 Å². The number of rotatable bonds is 5. The summed E-state index contributed by atoms with van der Waals surface area (Å²) in [5.41, 5.74) is 6.24. The van der Waals surface area contributed by atoms with Crippen molar-refractivity contribution in [2.45, 2.75) is 23.6 Å². The standard InChI is InChI=1S/C13H18ClNO3S/c1-3-18-8-13(15)11(12(13)19(2,16)17)9-5-4-6-10(14)7-9/h4-7,11-12H,3,8,15H2,1-2H3/t11-,12+,13-/m1/s1. The Morgan fingerprint density at radius 2 is 2.16 bits per heavy atom. The molecule has 1 saturated carbocycles. The Bertz CT molecular complexity index is 575. The van der Waals surface area contributed by atoms with Gasteiger partial charge in [0.2, 0.25) is 0 Å². The van der Waals surface area contributed by atoms with E-state index in [2.05, 4.69) is 0 Å². The van der Waals surface area contributed by atoms with E-state index < -0.39 is 20.6 Å². The minimum Gasteiger partial charge on any atom is -0.380 e. The van der Waals surface area contributed by atoms with Gasteiger partial charge in [-0.1, -0.05) is 23.7 Å². The number of ether oxygens (including phenoxy) is 1. The molecule has 0 heterocycles. The van der Waals surface area contributed by atoms with E-state index in [9.17, 15) is 8.42 Å². The van der Waals surface area contributed by atoms with E-state index in [0.717, 1.165) is 5.56 Å². The molecule has 0 unspecified atom stereocenters. The molecule has 0 aliphatic heterocycles. The maximum absolute atomic E-state index is 11.9. The molecule has 1 aromatic rings. The summed E-state index contributed by atoms with van der Waals surface area (Å²) in [6.07, 6.45) is 1.22. The highest BCUT2D eigenvalue weighted by atomic mass is 35.5. The van der Waals surface area contributed by atoms with Crippen molar-refractivity contribution in [2.24, 2.45) is 5.73 Å². The summed E-state index contributed by atoms with van der Waals surface area (Å²) in [7, 11) is -3.23. The molecule has 1 aliphatic carbocycles. The van der Waals surface area contributed by atoms with Gasteiger partial charge in [0.1, 0.15) is 0 Å². The van der Waals surface area contributed by atoms with Crippen LogP contribution in [0.1, 0.15) is 18.4 Å². The maximum atomic E-state index is 11.9. The van der Waals surface area contributed by atoms with E-state index in [0.29, 0.717) is 11.6 Å². The Balaban J connectivity index is 2.33. The third-order valence-corrected chi connectivity index (χ3v) is 5.40. The number of hydrogen-bond acceptors (Lipinski definition) is 4. The summed E-state index contributed by atoms with van der Waals surface area (Å²) in [5.74, 6) is -0.257. The number of benzene rings is 1. The molecule has 0 radical (unpaired) electrons. The lowest BCUT2D eigenvalue weighted by Gasteiger charge is -2.11. The van der Waals surface area contributed by atoms with Crippen molar-refractivity contribution in [1.29, 1.82) is 0 Å². The van der Waals surface area contributed by atoms with Crippen LogP contribution in [0.25, 0.3) is 0 Å². The first kappa shape index (κ1) is 14.8. The smallest absolute Gasteiger partial charge is 0.152 e. The molecule has 106 valence electrons. The minimum absolute atomic E-state index is 0.235. The average molecular weight is 304 g/mol. The second-order valence-electron chi connectivity index (χ2n) is 5.03. The molecular weight excluding hydrogens is 286 g/mol. The molecule has 2 rings (SSSR count). The fourth-order valence-electron chi connectivity index (χ4n) is 2.70. The summed E-state index contributed by atoms with van der Waals surface area (Å²) in [6.45, 7) is 2.60. The van der Waals surface area contributed by atoms with Crippen LogP contribution in [0.15, 0.2) is 24.3 Å². The Kier molecular flexibility index (Phi) is 3.93. The quantitative estimate of drug-likeness (QED) is 0.897. The first-order chi connectivity index (χ1) is 8.80. The molecule has 6 heteroatoms. The first-order valence-corrected chi connectivity index (χ1v) is 8.45. The van der Waals surface area contributed by atoms with Gasteiger partial charge in [0.25, 0.3) is 0 Å². The van der Waals surface area contributed by atoms with Gasteiger partial charge in [0, 0.05) is 23.8 Å². The molecular formula is C13H18ClNO3S. The van der Waals surface area contributed by atoms with Crippen molar-refractivity contribution >= 4 is 21.4 Å². The average Bonchev–Trinajstić information content (AvgIpc) is 2.94. The van der Waals surface area contributed by atoms with Gasteiger partial charge in [-0.05, 0) is 24.6 Å². The molecule has 0 spiro atoms. The van der Waals surface area contributed by atoms with Crippen molar-refractivity contribution in [2.75, 3.05) is 19.5 Å². The number of nitrogens with two attached hydrogens (primary N) is 1. The summed E-state index contributed by atoms with van der Waals surface area (Å²) in [4.78, 5) is 0. The molecule has 0 aromatic heterocycles. The SMILES string of the molecule is CCOC[C@@]1(N)[C@H](c2cccc(Cl)c2)[C@@H]1S(C)(=O)=O. The minimum atomic E-state index is -3.23.